The van der Waals surface area contributed by atoms with Gasteiger partial charge in [0.25, 0.3) is 0 Å². The SMILES string of the molecule is SCCCCCCCCCCCCC1=C(S)CC(c2ccccc2)(c2ccccc2)C1(S)CCCCCCCCCCCCS. The van der Waals surface area contributed by atoms with E-state index >= 15 is 0 Å². The highest BCUT2D eigenvalue weighted by Gasteiger charge is 2.57. The summed E-state index contributed by atoms with van der Waals surface area (Å²) < 4.78 is -0.229. The number of unbranched alkanes of at least 4 members (excludes halogenated alkanes) is 18. The predicted octanol–water partition coefficient (Wildman–Crippen LogP) is 13.7. The topological polar surface area (TPSA) is 0 Å². The Kier molecular flexibility index (Phi) is 20.0. The summed E-state index contributed by atoms with van der Waals surface area (Å²) in [5.74, 6) is 2.07. The van der Waals surface area contributed by atoms with Gasteiger partial charge in [0.05, 0.1) is 0 Å². The van der Waals surface area contributed by atoms with Crippen LogP contribution in [0.5, 0.6) is 0 Å². The van der Waals surface area contributed by atoms with E-state index in [1.54, 1.807) is 0 Å². The molecular weight excluding hydrogens is 621 g/mol. The van der Waals surface area contributed by atoms with Gasteiger partial charge in [0, 0.05) is 10.2 Å². The molecule has 1 aliphatic carbocycles. The summed E-state index contributed by atoms with van der Waals surface area (Å²) in [4.78, 5) is 1.29. The maximum atomic E-state index is 5.83. The molecule has 0 saturated heterocycles. The quantitative estimate of drug-likeness (QED) is 0.0550. The molecule has 0 fully saturated rings. The summed E-state index contributed by atoms with van der Waals surface area (Å²) >= 11 is 19.8. The molecule has 3 rings (SSSR count). The molecule has 1 unspecified atom stereocenters. The summed E-state index contributed by atoms with van der Waals surface area (Å²) in [6, 6.07) is 22.5. The summed E-state index contributed by atoms with van der Waals surface area (Å²) in [6.07, 6.45) is 30.0. The number of thiol groups is 4. The average molecular weight is 685 g/mol. The fourth-order valence-electron chi connectivity index (χ4n) is 7.74. The lowest BCUT2D eigenvalue weighted by molar-refractivity contribution is 0.391. The fourth-order valence-corrected chi connectivity index (χ4v) is 9.56. The van der Waals surface area contributed by atoms with Gasteiger partial charge in [0.15, 0.2) is 0 Å². The molecule has 1 aliphatic rings. The third kappa shape index (κ3) is 12.2. The highest BCUT2D eigenvalue weighted by molar-refractivity contribution is 7.85. The number of benzene rings is 2. The molecule has 0 bridgehead atoms. The lowest BCUT2D eigenvalue weighted by Gasteiger charge is -2.46. The Bertz CT molecular complexity index is 1010. The molecule has 0 aromatic heterocycles. The second kappa shape index (κ2) is 23.0. The van der Waals surface area contributed by atoms with Crippen LogP contribution in [-0.4, -0.2) is 16.3 Å². The number of hydrogen-bond donors (Lipinski definition) is 4. The van der Waals surface area contributed by atoms with E-state index in [0.29, 0.717) is 0 Å². The van der Waals surface area contributed by atoms with Crippen LogP contribution in [0.25, 0.3) is 0 Å². The van der Waals surface area contributed by atoms with Crippen LogP contribution in [0.15, 0.2) is 71.1 Å². The van der Waals surface area contributed by atoms with Crippen LogP contribution in [0, 0.1) is 0 Å². The summed E-state index contributed by atoms with van der Waals surface area (Å²) in [5, 5.41) is 0. The lowest BCUT2D eigenvalue weighted by Crippen LogP contribution is -2.46. The molecule has 45 heavy (non-hydrogen) atoms. The van der Waals surface area contributed by atoms with Crippen LogP contribution in [0.1, 0.15) is 159 Å². The molecule has 252 valence electrons. The van der Waals surface area contributed by atoms with Crippen molar-refractivity contribution in [1.29, 1.82) is 0 Å². The van der Waals surface area contributed by atoms with Crippen molar-refractivity contribution in [2.24, 2.45) is 0 Å². The lowest BCUT2D eigenvalue weighted by atomic mass is 9.63. The molecule has 0 N–H and O–H groups in total. The first-order valence-electron chi connectivity index (χ1n) is 18.6. The molecule has 4 heteroatoms. The third-order valence-corrected chi connectivity index (χ3v) is 12.2. The monoisotopic (exact) mass is 684 g/mol. The van der Waals surface area contributed by atoms with Crippen molar-refractivity contribution in [3.05, 3.63) is 82.3 Å². The maximum absolute atomic E-state index is 5.83. The number of allylic oxidation sites excluding steroid dienone is 1. The van der Waals surface area contributed by atoms with Crippen LogP contribution in [0.2, 0.25) is 0 Å². The van der Waals surface area contributed by atoms with E-state index in [9.17, 15) is 0 Å². The molecule has 0 radical (unpaired) electrons. The van der Waals surface area contributed by atoms with Crippen LogP contribution in [0.4, 0.5) is 0 Å². The first kappa shape index (κ1) is 39.0. The van der Waals surface area contributed by atoms with Crippen molar-refractivity contribution < 1.29 is 0 Å². The Balaban J connectivity index is 1.62. The Hall–Kier alpha value is -0.420. The molecular formula is C41H64S4. The largest absolute Gasteiger partial charge is 0.179 e. The Morgan fingerprint density at radius 2 is 0.822 bits per heavy atom. The Morgan fingerprint density at radius 3 is 1.22 bits per heavy atom. The van der Waals surface area contributed by atoms with E-state index in [2.05, 4.69) is 85.9 Å². The van der Waals surface area contributed by atoms with Crippen molar-refractivity contribution >= 4 is 50.5 Å². The normalized spacial score (nSPS) is 17.8. The van der Waals surface area contributed by atoms with E-state index < -0.39 is 0 Å². The Morgan fingerprint density at radius 1 is 0.467 bits per heavy atom. The van der Waals surface area contributed by atoms with Gasteiger partial charge in [-0.15, -0.1) is 12.6 Å². The zero-order chi connectivity index (χ0) is 32.1. The fraction of sp³-hybridized carbons (Fsp3) is 0.659. The first-order valence-corrected chi connectivity index (χ1v) is 20.7. The smallest absolute Gasteiger partial charge is 0.0489 e. The molecule has 0 aliphatic heterocycles. The minimum Gasteiger partial charge on any atom is -0.179 e. The minimum absolute atomic E-state index is 0.189. The van der Waals surface area contributed by atoms with Gasteiger partial charge in [0.1, 0.15) is 0 Å². The van der Waals surface area contributed by atoms with E-state index in [1.807, 2.05) is 0 Å². The number of rotatable bonds is 26. The zero-order valence-electron chi connectivity index (χ0n) is 28.2. The van der Waals surface area contributed by atoms with Gasteiger partial charge >= 0.3 is 0 Å². The predicted molar refractivity (Wildman–Crippen MR) is 215 cm³/mol. The molecule has 1 atom stereocenters. The second-order valence-electron chi connectivity index (χ2n) is 13.6. The number of hydrogen-bond acceptors (Lipinski definition) is 4. The summed E-state index contributed by atoms with van der Waals surface area (Å²) in [6.45, 7) is 0. The van der Waals surface area contributed by atoms with Crippen LogP contribution < -0.4 is 0 Å². The molecule has 0 saturated carbocycles. The van der Waals surface area contributed by atoms with E-state index in [-0.39, 0.29) is 10.2 Å². The maximum Gasteiger partial charge on any atom is 0.0489 e. The molecule has 0 amide bonds. The van der Waals surface area contributed by atoms with Gasteiger partial charge in [-0.3, -0.25) is 0 Å². The highest BCUT2D eigenvalue weighted by Crippen LogP contribution is 2.62. The Labute approximate surface area is 300 Å². The van der Waals surface area contributed by atoms with Crippen molar-refractivity contribution in [2.45, 2.75) is 158 Å². The molecule has 2 aromatic rings. The second-order valence-corrected chi connectivity index (χ2v) is 15.8. The first-order chi connectivity index (χ1) is 22.1. The van der Waals surface area contributed by atoms with Gasteiger partial charge in [-0.05, 0) is 71.6 Å². The average Bonchev–Trinajstić information content (AvgIpc) is 3.29. The summed E-state index contributed by atoms with van der Waals surface area (Å²) in [5.41, 5.74) is 4.11. The van der Waals surface area contributed by atoms with Crippen LogP contribution in [-0.2, 0) is 5.41 Å². The molecule has 0 nitrogen and oxygen atoms in total. The highest BCUT2D eigenvalue weighted by atomic mass is 32.1. The summed E-state index contributed by atoms with van der Waals surface area (Å²) in [7, 11) is 0. The third-order valence-electron chi connectivity index (χ3n) is 10.3. The van der Waals surface area contributed by atoms with Gasteiger partial charge in [-0.25, -0.2) is 0 Å². The van der Waals surface area contributed by atoms with Gasteiger partial charge in [-0.2, -0.15) is 37.9 Å². The molecule has 0 heterocycles. The van der Waals surface area contributed by atoms with Crippen molar-refractivity contribution in [3.8, 4) is 0 Å². The van der Waals surface area contributed by atoms with E-state index in [1.165, 1.54) is 150 Å². The van der Waals surface area contributed by atoms with Crippen molar-refractivity contribution in [3.63, 3.8) is 0 Å². The minimum atomic E-state index is -0.229. The van der Waals surface area contributed by atoms with Crippen molar-refractivity contribution in [2.75, 3.05) is 11.5 Å². The van der Waals surface area contributed by atoms with Gasteiger partial charge in [-0.1, -0.05) is 170 Å². The van der Waals surface area contributed by atoms with Gasteiger partial charge in [0.2, 0.25) is 0 Å². The molecule has 2 aromatic carbocycles. The molecule has 0 spiro atoms. The standard InChI is InChI=1S/C41H64S4/c42-33-25-15-11-7-3-1-5-9-13-23-31-38-39(44)35-40(36-27-19-17-20-28-36,37-29-21-18-22-30-37)41(38,45)32-24-14-10-6-2-4-8-12-16-26-34-43/h17-22,27-30,42-45H,1-16,23-26,31-35H2. The van der Waals surface area contributed by atoms with E-state index in [0.717, 1.165) is 30.8 Å². The van der Waals surface area contributed by atoms with Crippen LogP contribution >= 0.6 is 50.5 Å². The van der Waals surface area contributed by atoms with Crippen LogP contribution in [0.3, 0.4) is 0 Å². The van der Waals surface area contributed by atoms with Crippen molar-refractivity contribution in [1.82, 2.24) is 0 Å². The zero-order valence-corrected chi connectivity index (χ0v) is 31.8. The van der Waals surface area contributed by atoms with E-state index in [4.69, 9.17) is 25.3 Å². The van der Waals surface area contributed by atoms with Gasteiger partial charge < -0.3 is 0 Å².